The molecule has 0 amide bonds. The van der Waals surface area contributed by atoms with Crippen molar-refractivity contribution in [2.24, 2.45) is 0 Å². The molecule has 2 rings (SSSR count). The predicted octanol–water partition coefficient (Wildman–Crippen LogP) is 4.67. The average Bonchev–Trinajstić information content (AvgIpc) is 2.84. The fraction of sp³-hybridized carbons (Fsp3) is 0.286. The quantitative estimate of drug-likeness (QED) is 0.771. The minimum absolute atomic E-state index is 0.202. The molecule has 0 aliphatic carbocycles. The molecule has 0 aliphatic rings. The van der Waals surface area contributed by atoms with Gasteiger partial charge < -0.3 is 0 Å². The van der Waals surface area contributed by atoms with Crippen molar-refractivity contribution in [3.63, 3.8) is 0 Å². The predicted molar refractivity (Wildman–Crippen MR) is 78.2 cm³/mol. The van der Waals surface area contributed by atoms with E-state index in [4.69, 9.17) is 0 Å². The van der Waals surface area contributed by atoms with E-state index in [1.807, 2.05) is 6.07 Å². The van der Waals surface area contributed by atoms with Gasteiger partial charge in [0.2, 0.25) is 0 Å². The summed E-state index contributed by atoms with van der Waals surface area (Å²) in [4.78, 5) is 3.69. The number of hydrogen-bond acceptors (Lipinski definition) is 2. The molecule has 4 heteroatoms. The van der Waals surface area contributed by atoms with Crippen LogP contribution in [0.3, 0.4) is 0 Å². The molecular weight excluding hydrogens is 313 g/mol. The van der Waals surface area contributed by atoms with Gasteiger partial charge in [-0.05, 0) is 35.7 Å². The van der Waals surface area contributed by atoms with E-state index < -0.39 is 0 Å². The van der Waals surface area contributed by atoms with Crippen LogP contribution < -0.4 is 0 Å². The van der Waals surface area contributed by atoms with E-state index in [0.717, 1.165) is 29.7 Å². The molecule has 0 aliphatic heterocycles. The lowest BCUT2D eigenvalue weighted by Gasteiger charge is -2.20. The average molecular weight is 328 g/mol. The summed E-state index contributed by atoms with van der Waals surface area (Å²) in [6.07, 6.45) is 0. The third-order valence-electron chi connectivity index (χ3n) is 2.82. The van der Waals surface area contributed by atoms with Gasteiger partial charge in [0.05, 0.1) is 0 Å². The van der Waals surface area contributed by atoms with E-state index in [9.17, 15) is 4.39 Å². The molecule has 18 heavy (non-hydrogen) atoms. The smallest absolute Gasteiger partial charge is 0.124 e. The molecule has 1 aromatic heterocycles. The van der Waals surface area contributed by atoms with Crippen molar-refractivity contribution in [3.8, 4) is 0 Å². The summed E-state index contributed by atoms with van der Waals surface area (Å²) in [6, 6.07) is 9.10. The van der Waals surface area contributed by atoms with Crippen molar-refractivity contribution < 1.29 is 4.39 Å². The molecule has 1 nitrogen and oxygen atoms in total. The first kappa shape index (κ1) is 13.7. The highest BCUT2D eigenvalue weighted by Crippen LogP contribution is 2.21. The second-order valence-corrected chi connectivity index (χ2v) is 6.00. The minimum Gasteiger partial charge on any atom is -0.294 e. The zero-order valence-electron chi connectivity index (χ0n) is 10.2. The molecule has 0 saturated carbocycles. The Balaban J connectivity index is 2.05. The first-order valence-electron chi connectivity index (χ1n) is 5.87. The van der Waals surface area contributed by atoms with E-state index >= 15 is 0 Å². The van der Waals surface area contributed by atoms with Gasteiger partial charge in [0.25, 0.3) is 0 Å². The van der Waals surface area contributed by atoms with Crippen LogP contribution in [-0.4, -0.2) is 11.4 Å². The molecule has 0 radical (unpaired) electrons. The summed E-state index contributed by atoms with van der Waals surface area (Å²) in [5, 5.41) is 2.09. The van der Waals surface area contributed by atoms with Gasteiger partial charge in [0.15, 0.2) is 0 Å². The van der Waals surface area contributed by atoms with Crippen molar-refractivity contribution in [1.29, 1.82) is 0 Å². The first-order valence-corrected chi connectivity index (χ1v) is 7.55. The molecule has 1 aromatic carbocycles. The molecule has 1 heterocycles. The summed E-state index contributed by atoms with van der Waals surface area (Å²) < 4.78 is 13.9. The summed E-state index contributed by atoms with van der Waals surface area (Å²) >= 11 is 5.19. The molecular formula is C14H15BrFNS. The van der Waals surface area contributed by atoms with Crippen LogP contribution in [0, 0.1) is 5.82 Å². The maximum absolute atomic E-state index is 13.0. The van der Waals surface area contributed by atoms with Crippen LogP contribution in [0.1, 0.15) is 17.4 Å². The highest BCUT2D eigenvalue weighted by atomic mass is 79.9. The van der Waals surface area contributed by atoms with Crippen LogP contribution >= 0.6 is 27.3 Å². The summed E-state index contributed by atoms with van der Waals surface area (Å²) in [6.45, 7) is 4.89. The highest BCUT2D eigenvalue weighted by molar-refractivity contribution is 9.10. The molecule has 0 atom stereocenters. The zero-order valence-corrected chi connectivity index (χ0v) is 12.6. The maximum atomic E-state index is 13.0. The lowest BCUT2D eigenvalue weighted by Crippen LogP contribution is -2.22. The van der Waals surface area contributed by atoms with Crippen molar-refractivity contribution in [1.82, 2.24) is 4.90 Å². The SMILES string of the molecule is CCN(Cc1cccs1)Cc1ccc(F)cc1Br. The molecule has 0 spiro atoms. The second kappa shape index (κ2) is 6.45. The normalized spacial score (nSPS) is 11.1. The van der Waals surface area contributed by atoms with Crippen LogP contribution in [0.2, 0.25) is 0 Å². The Morgan fingerprint density at radius 3 is 2.72 bits per heavy atom. The van der Waals surface area contributed by atoms with Crippen LogP contribution in [0.4, 0.5) is 4.39 Å². The van der Waals surface area contributed by atoms with Gasteiger partial charge in [-0.3, -0.25) is 4.90 Å². The number of benzene rings is 1. The summed E-state index contributed by atoms with van der Waals surface area (Å²) in [5.74, 6) is -0.202. The minimum atomic E-state index is -0.202. The van der Waals surface area contributed by atoms with Crippen LogP contribution in [0.5, 0.6) is 0 Å². The van der Waals surface area contributed by atoms with E-state index in [2.05, 4.69) is 45.3 Å². The molecule has 96 valence electrons. The van der Waals surface area contributed by atoms with Crippen LogP contribution in [0.15, 0.2) is 40.2 Å². The maximum Gasteiger partial charge on any atom is 0.124 e. The van der Waals surface area contributed by atoms with Gasteiger partial charge in [-0.25, -0.2) is 4.39 Å². The number of thiophene rings is 1. The third-order valence-corrected chi connectivity index (χ3v) is 4.42. The van der Waals surface area contributed by atoms with E-state index in [1.165, 1.54) is 17.0 Å². The molecule has 0 unspecified atom stereocenters. The lowest BCUT2D eigenvalue weighted by molar-refractivity contribution is 0.273. The molecule has 0 fully saturated rings. The molecule has 0 saturated heterocycles. The first-order chi connectivity index (χ1) is 8.69. The van der Waals surface area contributed by atoms with Crippen molar-refractivity contribution in [2.75, 3.05) is 6.54 Å². The Bertz CT molecular complexity index is 499. The Hall–Kier alpha value is -0.710. The van der Waals surface area contributed by atoms with Crippen LogP contribution in [-0.2, 0) is 13.1 Å². The van der Waals surface area contributed by atoms with Gasteiger partial charge in [0.1, 0.15) is 5.82 Å². The lowest BCUT2D eigenvalue weighted by atomic mass is 10.2. The van der Waals surface area contributed by atoms with Gasteiger partial charge >= 0.3 is 0 Å². The van der Waals surface area contributed by atoms with E-state index in [-0.39, 0.29) is 5.82 Å². The Kier molecular flexibility index (Phi) is 4.92. The monoisotopic (exact) mass is 327 g/mol. The van der Waals surface area contributed by atoms with Crippen molar-refractivity contribution >= 4 is 27.3 Å². The Morgan fingerprint density at radius 2 is 2.11 bits per heavy atom. The Labute approximate surface area is 119 Å². The summed E-state index contributed by atoms with van der Waals surface area (Å²) in [7, 11) is 0. The van der Waals surface area contributed by atoms with Gasteiger partial charge in [0, 0.05) is 22.4 Å². The third kappa shape index (κ3) is 3.64. The number of halogens is 2. The Morgan fingerprint density at radius 1 is 1.28 bits per heavy atom. The number of rotatable bonds is 5. The van der Waals surface area contributed by atoms with E-state index in [0.29, 0.717) is 0 Å². The van der Waals surface area contributed by atoms with Gasteiger partial charge in [-0.2, -0.15) is 0 Å². The van der Waals surface area contributed by atoms with Gasteiger partial charge in [-0.15, -0.1) is 11.3 Å². The number of hydrogen-bond donors (Lipinski definition) is 0. The van der Waals surface area contributed by atoms with Gasteiger partial charge in [-0.1, -0.05) is 35.0 Å². The second-order valence-electron chi connectivity index (χ2n) is 4.12. The fourth-order valence-corrected chi connectivity index (χ4v) is 3.02. The molecule has 2 aromatic rings. The van der Waals surface area contributed by atoms with Crippen LogP contribution in [0.25, 0.3) is 0 Å². The summed E-state index contributed by atoms with van der Waals surface area (Å²) in [5.41, 5.74) is 1.12. The molecule has 0 bridgehead atoms. The fourth-order valence-electron chi connectivity index (χ4n) is 1.79. The molecule has 0 N–H and O–H groups in total. The van der Waals surface area contributed by atoms with Crippen molar-refractivity contribution in [3.05, 3.63) is 56.4 Å². The van der Waals surface area contributed by atoms with Crippen molar-refractivity contribution in [2.45, 2.75) is 20.0 Å². The standard InChI is InChI=1S/C14H15BrFNS/c1-2-17(10-13-4-3-7-18-13)9-11-5-6-12(16)8-14(11)15/h3-8H,2,9-10H2,1H3. The largest absolute Gasteiger partial charge is 0.294 e. The zero-order chi connectivity index (χ0) is 13.0. The van der Waals surface area contributed by atoms with E-state index in [1.54, 1.807) is 11.3 Å². The topological polar surface area (TPSA) is 3.24 Å². The highest BCUT2D eigenvalue weighted by Gasteiger charge is 2.08. The number of nitrogens with zero attached hydrogens (tertiary/aromatic N) is 1.